The lowest BCUT2D eigenvalue weighted by molar-refractivity contribution is -0.330. The standard InChI is InChI=1S/C29H34O7/c1-32-29-28(35-20-23-15-9-4-10-16-23)27(34-19-22-13-7-3-8-14-22)26(25(36-29)24(31)17-30)33-18-21-11-5-2-6-12-21/h2-16,24-31H,17-20H2,1H3/t24-,25+,26+,27-,28-,29-/m0/s1. The molecule has 2 N–H and O–H groups in total. The van der Waals surface area contributed by atoms with Gasteiger partial charge in [0.1, 0.15) is 30.5 Å². The maximum Gasteiger partial charge on any atom is 0.186 e. The van der Waals surface area contributed by atoms with Crippen LogP contribution in [0, 0.1) is 0 Å². The molecule has 1 saturated heterocycles. The molecule has 1 aliphatic heterocycles. The van der Waals surface area contributed by atoms with E-state index in [2.05, 4.69) is 0 Å². The van der Waals surface area contributed by atoms with Gasteiger partial charge in [-0.05, 0) is 16.7 Å². The van der Waals surface area contributed by atoms with Crippen LogP contribution >= 0.6 is 0 Å². The highest BCUT2D eigenvalue weighted by Gasteiger charge is 2.50. The summed E-state index contributed by atoms with van der Waals surface area (Å²) in [6.45, 7) is 0.407. The molecule has 6 atom stereocenters. The SMILES string of the molecule is CO[C@H]1O[C@H]([C@@H](O)CO)[C@@H](OCc2ccccc2)[C@H](OCc2ccccc2)[C@@H]1OCc1ccccc1. The molecule has 0 aromatic heterocycles. The van der Waals surface area contributed by atoms with Gasteiger partial charge >= 0.3 is 0 Å². The summed E-state index contributed by atoms with van der Waals surface area (Å²) in [5, 5.41) is 20.4. The van der Waals surface area contributed by atoms with Gasteiger partial charge in [-0.2, -0.15) is 0 Å². The highest BCUT2D eigenvalue weighted by molar-refractivity contribution is 5.15. The summed E-state index contributed by atoms with van der Waals surface area (Å²) in [7, 11) is 1.52. The fraction of sp³-hybridized carbons (Fsp3) is 0.379. The molecule has 36 heavy (non-hydrogen) atoms. The predicted octanol–water partition coefficient (Wildman–Crippen LogP) is 3.47. The van der Waals surface area contributed by atoms with Gasteiger partial charge in [-0.1, -0.05) is 91.0 Å². The van der Waals surface area contributed by atoms with Crippen LogP contribution in [0.3, 0.4) is 0 Å². The highest BCUT2D eigenvalue weighted by atomic mass is 16.7. The molecular formula is C29H34O7. The molecule has 4 rings (SSSR count). The second-order valence-electron chi connectivity index (χ2n) is 8.74. The lowest BCUT2D eigenvalue weighted by atomic mass is 9.94. The van der Waals surface area contributed by atoms with E-state index in [1.807, 2.05) is 91.0 Å². The highest BCUT2D eigenvalue weighted by Crippen LogP contribution is 2.32. The molecule has 7 nitrogen and oxygen atoms in total. The largest absolute Gasteiger partial charge is 0.394 e. The summed E-state index contributed by atoms with van der Waals surface area (Å²) in [6.07, 6.45) is -4.95. The van der Waals surface area contributed by atoms with Crippen molar-refractivity contribution in [2.24, 2.45) is 0 Å². The summed E-state index contributed by atoms with van der Waals surface area (Å²) in [6, 6.07) is 29.4. The number of ether oxygens (including phenoxy) is 5. The number of hydrogen-bond acceptors (Lipinski definition) is 7. The molecule has 3 aromatic rings. The van der Waals surface area contributed by atoms with Crippen molar-refractivity contribution in [1.29, 1.82) is 0 Å². The maximum absolute atomic E-state index is 10.7. The van der Waals surface area contributed by atoms with Gasteiger partial charge in [-0.3, -0.25) is 0 Å². The van der Waals surface area contributed by atoms with Gasteiger partial charge in [-0.15, -0.1) is 0 Å². The van der Waals surface area contributed by atoms with E-state index < -0.39 is 43.4 Å². The average molecular weight is 495 g/mol. The van der Waals surface area contributed by atoms with Crippen molar-refractivity contribution in [3.8, 4) is 0 Å². The molecule has 0 unspecified atom stereocenters. The van der Waals surface area contributed by atoms with Crippen molar-refractivity contribution < 1.29 is 33.9 Å². The second kappa shape index (κ2) is 13.6. The average Bonchev–Trinajstić information content (AvgIpc) is 2.94. The van der Waals surface area contributed by atoms with Crippen LogP contribution in [0.25, 0.3) is 0 Å². The van der Waals surface area contributed by atoms with E-state index in [1.165, 1.54) is 7.11 Å². The van der Waals surface area contributed by atoms with Crippen molar-refractivity contribution in [3.63, 3.8) is 0 Å². The van der Waals surface area contributed by atoms with Crippen molar-refractivity contribution in [1.82, 2.24) is 0 Å². The van der Waals surface area contributed by atoms with Crippen LogP contribution in [-0.4, -0.2) is 60.7 Å². The van der Waals surface area contributed by atoms with E-state index in [4.69, 9.17) is 23.7 Å². The Morgan fingerprint density at radius 1 is 0.667 bits per heavy atom. The van der Waals surface area contributed by atoms with Crippen molar-refractivity contribution in [3.05, 3.63) is 108 Å². The number of rotatable bonds is 12. The smallest absolute Gasteiger partial charge is 0.186 e. The third kappa shape index (κ3) is 6.99. The van der Waals surface area contributed by atoms with E-state index in [9.17, 15) is 10.2 Å². The van der Waals surface area contributed by atoms with E-state index in [0.29, 0.717) is 13.2 Å². The number of benzene rings is 3. The number of aliphatic hydroxyl groups excluding tert-OH is 2. The zero-order valence-corrected chi connectivity index (χ0v) is 20.4. The van der Waals surface area contributed by atoms with Gasteiger partial charge < -0.3 is 33.9 Å². The van der Waals surface area contributed by atoms with Crippen LogP contribution in [0.1, 0.15) is 16.7 Å². The first-order chi connectivity index (χ1) is 17.7. The Labute approximate surface area is 212 Å². The number of hydrogen-bond donors (Lipinski definition) is 2. The Balaban J connectivity index is 1.61. The zero-order chi connectivity index (χ0) is 25.2. The van der Waals surface area contributed by atoms with Crippen LogP contribution in [-0.2, 0) is 43.5 Å². The van der Waals surface area contributed by atoms with Crippen molar-refractivity contribution >= 4 is 0 Å². The molecule has 0 bridgehead atoms. The quantitative estimate of drug-likeness (QED) is 0.399. The van der Waals surface area contributed by atoms with Gasteiger partial charge in [-0.25, -0.2) is 0 Å². The Bertz CT molecular complexity index is 1000. The van der Waals surface area contributed by atoms with Gasteiger partial charge in [0.25, 0.3) is 0 Å². The third-order valence-corrected chi connectivity index (χ3v) is 6.19. The normalized spacial score (nSPS) is 24.9. The van der Waals surface area contributed by atoms with E-state index in [1.54, 1.807) is 0 Å². The van der Waals surface area contributed by atoms with Crippen LogP contribution in [0.2, 0.25) is 0 Å². The Hall–Kier alpha value is -2.62. The summed E-state index contributed by atoms with van der Waals surface area (Å²) < 4.78 is 30.8. The lowest BCUT2D eigenvalue weighted by Crippen LogP contribution is -2.63. The molecular weight excluding hydrogens is 460 g/mol. The van der Waals surface area contributed by atoms with Crippen molar-refractivity contribution in [2.75, 3.05) is 13.7 Å². The van der Waals surface area contributed by atoms with E-state index >= 15 is 0 Å². The van der Waals surface area contributed by atoms with Crippen molar-refractivity contribution in [2.45, 2.75) is 56.6 Å². The topological polar surface area (TPSA) is 86.6 Å². The fourth-order valence-electron chi connectivity index (χ4n) is 4.29. The van der Waals surface area contributed by atoms with E-state index in [-0.39, 0.29) is 6.61 Å². The minimum absolute atomic E-state index is 0.276. The zero-order valence-electron chi connectivity index (χ0n) is 20.4. The summed E-state index contributed by atoms with van der Waals surface area (Å²) in [4.78, 5) is 0. The second-order valence-corrected chi connectivity index (χ2v) is 8.74. The molecule has 1 aliphatic rings. The molecule has 0 radical (unpaired) electrons. The summed E-state index contributed by atoms with van der Waals surface area (Å²) in [5.41, 5.74) is 2.95. The summed E-state index contributed by atoms with van der Waals surface area (Å²) >= 11 is 0. The first kappa shape index (κ1) is 26.4. The minimum Gasteiger partial charge on any atom is -0.394 e. The Morgan fingerprint density at radius 3 is 1.50 bits per heavy atom. The molecule has 7 heteroatoms. The molecule has 0 spiro atoms. The lowest BCUT2D eigenvalue weighted by Gasteiger charge is -2.46. The molecule has 1 fully saturated rings. The Kier molecular flexibility index (Phi) is 10.0. The first-order valence-corrected chi connectivity index (χ1v) is 12.1. The Morgan fingerprint density at radius 2 is 1.08 bits per heavy atom. The third-order valence-electron chi connectivity index (χ3n) is 6.19. The van der Waals surface area contributed by atoms with Crippen LogP contribution in [0.4, 0.5) is 0 Å². The number of aliphatic hydroxyl groups is 2. The van der Waals surface area contributed by atoms with Gasteiger partial charge in [0.2, 0.25) is 0 Å². The maximum atomic E-state index is 10.7. The molecule has 0 amide bonds. The van der Waals surface area contributed by atoms with Crippen LogP contribution < -0.4 is 0 Å². The van der Waals surface area contributed by atoms with Gasteiger partial charge in [0, 0.05) is 7.11 Å². The van der Waals surface area contributed by atoms with Crippen LogP contribution in [0.5, 0.6) is 0 Å². The predicted molar refractivity (Wildman–Crippen MR) is 134 cm³/mol. The first-order valence-electron chi connectivity index (χ1n) is 12.1. The van der Waals surface area contributed by atoms with Crippen LogP contribution in [0.15, 0.2) is 91.0 Å². The molecule has 0 saturated carbocycles. The van der Waals surface area contributed by atoms with Gasteiger partial charge in [0.15, 0.2) is 6.29 Å². The number of methoxy groups -OCH3 is 1. The van der Waals surface area contributed by atoms with Gasteiger partial charge in [0.05, 0.1) is 26.4 Å². The molecule has 3 aromatic carbocycles. The molecule has 1 heterocycles. The fourth-order valence-corrected chi connectivity index (χ4v) is 4.29. The molecule has 0 aliphatic carbocycles. The summed E-state index contributed by atoms with van der Waals surface area (Å²) in [5.74, 6) is 0. The molecule has 192 valence electrons. The monoisotopic (exact) mass is 494 g/mol. The minimum atomic E-state index is -1.19. The van der Waals surface area contributed by atoms with E-state index in [0.717, 1.165) is 16.7 Å².